The molecule has 5 rings (SSSR count). The summed E-state index contributed by atoms with van der Waals surface area (Å²) in [7, 11) is 1.50. The third-order valence-corrected chi connectivity index (χ3v) is 7.61. The summed E-state index contributed by atoms with van der Waals surface area (Å²) < 4.78 is 39.4. The van der Waals surface area contributed by atoms with Gasteiger partial charge in [0.1, 0.15) is 28.9 Å². The van der Waals surface area contributed by atoms with E-state index in [9.17, 15) is 19.2 Å². The van der Waals surface area contributed by atoms with E-state index in [0.29, 0.717) is 34.4 Å². The Morgan fingerprint density at radius 3 is 2.40 bits per heavy atom. The number of rotatable bonds is 8. The number of benzene rings is 2. The number of carbonyl (C=O) groups excluding carboxylic acids is 3. The minimum Gasteiger partial charge on any atom is -0.460 e. The molecule has 3 aromatic rings. The number of nitrogens with one attached hydrogen (secondary N) is 1. The number of fused-ring (bicyclic) bond motifs is 2. The molecule has 12 nitrogen and oxygen atoms in total. The van der Waals surface area contributed by atoms with E-state index >= 15 is 0 Å². The first-order valence-corrected chi connectivity index (χ1v) is 14.4. The first-order chi connectivity index (χ1) is 21.3. The molecule has 2 aliphatic heterocycles. The van der Waals surface area contributed by atoms with Gasteiger partial charge < -0.3 is 38.2 Å². The molecule has 1 N–H and O–H groups in total. The lowest BCUT2D eigenvalue weighted by molar-refractivity contribution is -0.282. The largest absolute Gasteiger partial charge is 0.509 e. The lowest BCUT2D eigenvalue weighted by atomic mass is 9.89. The summed E-state index contributed by atoms with van der Waals surface area (Å²) in [5.74, 6) is -0.332. The molecule has 2 aliphatic rings. The van der Waals surface area contributed by atoms with E-state index in [-0.39, 0.29) is 16.8 Å². The Kier molecular flexibility index (Phi) is 8.72. The van der Waals surface area contributed by atoms with Crippen LogP contribution in [-0.2, 0) is 30.2 Å². The molecule has 0 bridgehead atoms. The minimum absolute atomic E-state index is 0.0590. The number of esters is 1. The van der Waals surface area contributed by atoms with Crippen LogP contribution >= 0.6 is 0 Å². The zero-order valence-corrected chi connectivity index (χ0v) is 26.0. The lowest BCUT2D eigenvalue weighted by Gasteiger charge is -2.45. The highest BCUT2D eigenvalue weighted by Crippen LogP contribution is 2.39. The topological polar surface area (TPSA) is 149 Å². The van der Waals surface area contributed by atoms with Crippen LogP contribution in [-0.4, -0.2) is 55.3 Å². The van der Waals surface area contributed by atoms with Crippen molar-refractivity contribution in [2.75, 3.05) is 12.4 Å². The quantitative estimate of drug-likeness (QED) is 0.153. The van der Waals surface area contributed by atoms with Crippen LogP contribution in [0.1, 0.15) is 56.1 Å². The van der Waals surface area contributed by atoms with E-state index in [1.807, 2.05) is 19.9 Å². The minimum atomic E-state index is -1.03. The van der Waals surface area contributed by atoms with Crippen molar-refractivity contribution in [3.05, 3.63) is 75.2 Å². The molecule has 12 heteroatoms. The number of methoxy groups -OCH3 is 1. The van der Waals surface area contributed by atoms with Gasteiger partial charge in [-0.3, -0.25) is 9.59 Å². The van der Waals surface area contributed by atoms with Gasteiger partial charge in [0.25, 0.3) is 5.91 Å². The molecular formula is C33H35NO11. The average Bonchev–Trinajstić information content (AvgIpc) is 3.35. The molecule has 2 aromatic carbocycles. The first kappa shape index (κ1) is 31.7. The van der Waals surface area contributed by atoms with Crippen LogP contribution in [0, 0.1) is 6.92 Å². The van der Waals surface area contributed by atoms with Gasteiger partial charge in [0.05, 0.1) is 5.60 Å². The van der Waals surface area contributed by atoms with Gasteiger partial charge in [0, 0.05) is 30.5 Å². The maximum atomic E-state index is 13.2. The van der Waals surface area contributed by atoms with Crippen molar-refractivity contribution < 1.29 is 47.2 Å². The Hall–Kier alpha value is -4.68. The molecule has 0 radical (unpaired) electrons. The van der Waals surface area contributed by atoms with Crippen LogP contribution in [0.25, 0.3) is 11.0 Å². The predicted molar refractivity (Wildman–Crippen MR) is 162 cm³/mol. The van der Waals surface area contributed by atoms with E-state index in [1.165, 1.54) is 26.2 Å². The third kappa shape index (κ3) is 6.57. The van der Waals surface area contributed by atoms with Gasteiger partial charge in [0.15, 0.2) is 6.10 Å². The zero-order valence-electron chi connectivity index (χ0n) is 26.0. The number of hydrogen-bond donors (Lipinski definition) is 1. The molecule has 4 atom stereocenters. The summed E-state index contributed by atoms with van der Waals surface area (Å²) in [5.41, 5.74) is 0.989. The normalized spacial score (nSPS) is 21.7. The molecule has 0 spiro atoms. The number of aryl methyl sites for hydroxylation is 1. The smallest absolute Gasteiger partial charge is 0.460 e. The fraction of sp³-hybridized carbons (Fsp3) is 0.394. The second-order valence-corrected chi connectivity index (χ2v) is 11.7. The van der Waals surface area contributed by atoms with Crippen molar-refractivity contribution in [3.63, 3.8) is 0 Å². The fourth-order valence-electron chi connectivity index (χ4n) is 5.46. The summed E-state index contributed by atoms with van der Waals surface area (Å²) >= 11 is 0. The standard InChI is InChI=1S/C33H35NO11/c1-16(2)8-9-19-14-21(11-13-24(19)40-18(4)35)29(36)34-22-15-20-10-12-23(17(3)25(20)42-30(22)37)41-31-27-26(43-32(38)44-27)28(39-7)33(5,6)45-31/h8,10-15,26-28,31H,9H2,1-7H3,(H,34,36)/t26-,27?,28-,31-/m1/s1. The summed E-state index contributed by atoms with van der Waals surface area (Å²) in [4.78, 5) is 49.7. The summed E-state index contributed by atoms with van der Waals surface area (Å²) in [6.45, 7) is 10.5. The van der Waals surface area contributed by atoms with Crippen LogP contribution in [0.4, 0.5) is 10.5 Å². The molecular weight excluding hydrogens is 586 g/mol. The maximum absolute atomic E-state index is 13.2. The van der Waals surface area contributed by atoms with Gasteiger partial charge in [0.2, 0.25) is 12.4 Å². The van der Waals surface area contributed by atoms with Crippen molar-refractivity contribution >= 4 is 34.7 Å². The van der Waals surface area contributed by atoms with E-state index in [4.69, 9.17) is 32.8 Å². The molecule has 1 unspecified atom stereocenters. The zero-order chi connectivity index (χ0) is 32.6. The number of hydrogen-bond acceptors (Lipinski definition) is 11. The van der Waals surface area contributed by atoms with Gasteiger partial charge in [-0.25, -0.2) is 9.59 Å². The lowest BCUT2D eigenvalue weighted by Crippen LogP contribution is -2.62. The third-order valence-electron chi connectivity index (χ3n) is 7.61. The van der Waals surface area contributed by atoms with Crippen molar-refractivity contribution in [3.8, 4) is 11.5 Å². The number of amides is 1. The second kappa shape index (κ2) is 12.4. The Labute approximate surface area is 259 Å². The molecule has 2 fully saturated rings. The molecule has 238 valence electrons. The SMILES string of the molecule is CO[C@@H]1[C@@H]2OC(=O)OC2[C@H](Oc2ccc3cc(NC(=O)c4ccc(OC(C)=O)c(CC=C(C)C)c4)c(=O)oc3c2C)OC1(C)C. The van der Waals surface area contributed by atoms with Gasteiger partial charge in [-0.05, 0) is 83.0 Å². The van der Waals surface area contributed by atoms with E-state index in [0.717, 1.165) is 5.57 Å². The van der Waals surface area contributed by atoms with Crippen molar-refractivity contribution in [1.82, 2.24) is 0 Å². The second-order valence-electron chi connectivity index (χ2n) is 11.7. The number of ether oxygens (including phenoxy) is 6. The Morgan fingerprint density at radius 2 is 1.71 bits per heavy atom. The monoisotopic (exact) mass is 621 g/mol. The van der Waals surface area contributed by atoms with Gasteiger partial charge >= 0.3 is 17.8 Å². The summed E-state index contributed by atoms with van der Waals surface area (Å²) in [6.07, 6.45) is -1.70. The highest BCUT2D eigenvalue weighted by molar-refractivity contribution is 6.05. The fourth-order valence-corrected chi connectivity index (χ4v) is 5.46. The number of anilines is 1. The molecule has 1 amide bonds. The highest BCUT2D eigenvalue weighted by atomic mass is 16.8. The van der Waals surface area contributed by atoms with Crippen LogP contribution in [0.15, 0.2) is 57.3 Å². The Morgan fingerprint density at radius 1 is 1.00 bits per heavy atom. The van der Waals surface area contributed by atoms with E-state index < -0.39 is 53.9 Å². The van der Waals surface area contributed by atoms with Crippen molar-refractivity contribution in [2.45, 2.75) is 78.2 Å². The van der Waals surface area contributed by atoms with Crippen molar-refractivity contribution in [2.24, 2.45) is 0 Å². The summed E-state index contributed by atoms with van der Waals surface area (Å²) in [5, 5.41) is 3.15. The average molecular weight is 622 g/mol. The van der Waals surface area contributed by atoms with Gasteiger partial charge in [-0.15, -0.1) is 0 Å². The number of carbonyl (C=O) groups is 3. The van der Waals surface area contributed by atoms with E-state index in [2.05, 4.69) is 5.32 Å². The van der Waals surface area contributed by atoms with Gasteiger partial charge in [-0.1, -0.05) is 11.6 Å². The van der Waals surface area contributed by atoms with Crippen LogP contribution in [0.2, 0.25) is 0 Å². The van der Waals surface area contributed by atoms with E-state index in [1.54, 1.807) is 45.0 Å². The molecule has 45 heavy (non-hydrogen) atoms. The predicted octanol–water partition coefficient (Wildman–Crippen LogP) is 5.22. The first-order valence-electron chi connectivity index (χ1n) is 14.4. The molecule has 2 saturated heterocycles. The number of allylic oxidation sites excluding steroid dienone is 2. The van der Waals surface area contributed by atoms with Crippen LogP contribution in [0.3, 0.4) is 0 Å². The van der Waals surface area contributed by atoms with Crippen molar-refractivity contribution in [1.29, 1.82) is 0 Å². The maximum Gasteiger partial charge on any atom is 0.509 e. The highest BCUT2D eigenvalue weighted by Gasteiger charge is 2.59. The summed E-state index contributed by atoms with van der Waals surface area (Å²) in [6, 6.07) is 9.52. The molecule has 1 aromatic heterocycles. The molecule has 0 saturated carbocycles. The molecule has 3 heterocycles. The Bertz CT molecular complexity index is 1750. The van der Waals surface area contributed by atoms with Crippen LogP contribution < -0.4 is 20.4 Å². The van der Waals surface area contributed by atoms with Crippen LogP contribution in [0.5, 0.6) is 11.5 Å². The Balaban J connectivity index is 1.39. The molecule has 0 aliphatic carbocycles. The van der Waals surface area contributed by atoms with Gasteiger partial charge in [-0.2, -0.15) is 0 Å².